The zero-order valence-electron chi connectivity index (χ0n) is 7.00. The molecule has 0 radical (unpaired) electrons. The van der Waals surface area contributed by atoms with Crippen molar-refractivity contribution < 1.29 is 9.90 Å². The van der Waals surface area contributed by atoms with E-state index in [2.05, 4.69) is 19.2 Å². The Bertz CT molecular complexity index is 156. The number of nitrogens with one attached hydrogen (secondary N) is 1. The molecule has 3 heteroatoms. The molecular formula is C8H15NO2. The molecule has 2 unspecified atom stereocenters. The highest BCUT2D eigenvalue weighted by Crippen LogP contribution is 2.18. The largest absolute Gasteiger partial charge is 0.480 e. The fraction of sp³-hybridized carbons (Fsp3) is 0.875. The minimum Gasteiger partial charge on any atom is -0.480 e. The van der Waals surface area contributed by atoms with E-state index in [4.69, 9.17) is 5.11 Å². The van der Waals surface area contributed by atoms with Crippen LogP contribution in [0.3, 0.4) is 0 Å². The molecule has 0 saturated carbocycles. The number of hydrogen-bond acceptors (Lipinski definition) is 2. The predicted octanol–water partition coefficient (Wildman–Crippen LogP) is 0.848. The van der Waals surface area contributed by atoms with Crippen LogP contribution in [0, 0.1) is 5.92 Å². The van der Waals surface area contributed by atoms with Gasteiger partial charge in [0.1, 0.15) is 6.04 Å². The van der Waals surface area contributed by atoms with Gasteiger partial charge in [-0.2, -0.15) is 0 Å². The number of aliphatic carboxylic acids is 1. The smallest absolute Gasteiger partial charge is 0.320 e. The van der Waals surface area contributed by atoms with E-state index >= 15 is 0 Å². The zero-order valence-corrected chi connectivity index (χ0v) is 7.00. The highest BCUT2D eigenvalue weighted by atomic mass is 16.4. The molecule has 64 valence electrons. The minimum absolute atomic E-state index is 0.303. The van der Waals surface area contributed by atoms with E-state index in [1.54, 1.807) is 0 Å². The van der Waals surface area contributed by atoms with E-state index in [0.717, 1.165) is 12.8 Å². The van der Waals surface area contributed by atoms with Crippen LogP contribution in [0.25, 0.3) is 0 Å². The van der Waals surface area contributed by atoms with Crippen molar-refractivity contribution in [3.63, 3.8) is 0 Å². The van der Waals surface area contributed by atoms with Crippen LogP contribution in [0.4, 0.5) is 0 Å². The van der Waals surface area contributed by atoms with Crippen molar-refractivity contribution in [3.8, 4) is 0 Å². The van der Waals surface area contributed by atoms with Crippen LogP contribution in [-0.4, -0.2) is 23.2 Å². The van der Waals surface area contributed by atoms with Crippen LogP contribution >= 0.6 is 0 Å². The molecule has 1 fully saturated rings. The molecular weight excluding hydrogens is 142 g/mol. The fourth-order valence-electron chi connectivity index (χ4n) is 1.49. The van der Waals surface area contributed by atoms with E-state index in [-0.39, 0.29) is 6.04 Å². The summed E-state index contributed by atoms with van der Waals surface area (Å²) < 4.78 is 0. The maximum atomic E-state index is 10.5. The molecule has 0 aromatic rings. The number of carbonyl (C=O) groups is 1. The average Bonchev–Trinajstić information content (AvgIpc) is 2.33. The Balaban J connectivity index is 2.41. The summed E-state index contributed by atoms with van der Waals surface area (Å²) >= 11 is 0. The summed E-state index contributed by atoms with van der Waals surface area (Å²) in [5, 5.41) is 11.7. The summed E-state index contributed by atoms with van der Waals surface area (Å²) in [6.07, 6.45) is 1.77. The van der Waals surface area contributed by atoms with Crippen LogP contribution < -0.4 is 5.32 Å². The molecule has 1 heterocycles. The van der Waals surface area contributed by atoms with Gasteiger partial charge in [-0.05, 0) is 18.8 Å². The van der Waals surface area contributed by atoms with Gasteiger partial charge in [0.25, 0.3) is 0 Å². The maximum absolute atomic E-state index is 10.5. The summed E-state index contributed by atoms with van der Waals surface area (Å²) in [5.41, 5.74) is 0. The SMILES string of the molecule is CC(C)C1CCC(C(=O)O)N1. The molecule has 0 aromatic heterocycles. The van der Waals surface area contributed by atoms with Gasteiger partial charge in [0.2, 0.25) is 0 Å². The molecule has 1 saturated heterocycles. The van der Waals surface area contributed by atoms with Crippen LogP contribution in [0.5, 0.6) is 0 Å². The molecule has 1 aliphatic rings. The van der Waals surface area contributed by atoms with Crippen LogP contribution in [-0.2, 0) is 4.79 Å². The van der Waals surface area contributed by atoms with Gasteiger partial charge in [-0.15, -0.1) is 0 Å². The van der Waals surface area contributed by atoms with Gasteiger partial charge in [0, 0.05) is 6.04 Å². The summed E-state index contributed by atoms with van der Waals surface area (Å²) in [5.74, 6) is -0.174. The molecule has 1 rings (SSSR count). The molecule has 3 nitrogen and oxygen atoms in total. The normalized spacial score (nSPS) is 31.2. The van der Waals surface area contributed by atoms with Crippen molar-refractivity contribution in [2.24, 2.45) is 5.92 Å². The Morgan fingerprint density at radius 2 is 2.18 bits per heavy atom. The fourth-order valence-corrected chi connectivity index (χ4v) is 1.49. The van der Waals surface area contributed by atoms with Crippen molar-refractivity contribution in [1.82, 2.24) is 5.32 Å². The molecule has 0 aliphatic carbocycles. The molecule has 0 amide bonds. The van der Waals surface area contributed by atoms with Gasteiger partial charge < -0.3 is 10.4 Å². The first kappa shape index (κ1) is 8.53. The quantitative estimate of drug-likeness (QED) is 0.624. The van der Waals surface area contributed by atoms with Crippen molar-refractivity contribution in [2.45, 2.75) is 38.8 Å². The molecule has 2 N–H and O–H groups in total. The van der Waals surface area contributed by atoms with Crippen molar-refractivity contribution in [1.29, 1.82) is 0 Å². The summed E-state index contributed by atoms with van der Waals surface area (Å²) in [7, 11) is 0. The predicted molar refractivity (Wildman–Crippen MR) is 42.4 cm³/mol. The van der Waals surface area contributed by atoms with Crippen molar-refractivity contribution in [2.75, 3.05) is 0 Å². The highest BCUT2D eigenvalue weighted by molar-refractivity contribution is 5.73. The lowest BCUT2D eigenvalue weighted by Crippen LogP contribution is -2.37. The number of rotatable bonds is 2. The third-order valence-corrected chi connectivity index (χ3v) is 2.28. The van der Waals surface area contributed by atoms with Gasteiger partial charge in [-0.25, -0.2) is 0 Å². The second kappa shape index (κ2) is 3.22. The van der Waals surface area contributed by atoms with Gasteiger partial charge in [0.15, 0.2) is 0 Å². The van der Waals surface area contributed by atoms with E-state index in [0.29, 0.717) is 12.0 Å². The summed E-state index contributed by atoms with van der Waals surface area (Å²) in [6, 6.07) is 0.0958. The van der Waals surface area contributed by atoms with Gasteiger partial charge in [0.05, 0.1) is 0 Å². The van der Waals surface area contributed by atoms with E-state index in [1.165, 1.54) is 0 Å². The standard InChI is InChI=1S/C8H15NO2/c1-5(2)6-3-4-7(9-6)8(10)11/h5-7,9H,3-4H2,1-2H3,(H,10,11). The summed E-state index contributed by atoms with van der Waals surface area (Å²) in [6.45, 7) is 4.23. The van der Waals surface area contributed by atoms with Gasteiger partial charge >= 0.3 is 5.97 Å². The number of carboxylic acids is 1. The van der Waals surface area contributed by atoms with E-state index in [9.17, 15) is 4.79 Å². The molecule has 11 heavy (non-hydrogen) atoms. The Morgan fingerprint density at radius 1 is 1.55 bits per heavy atom. The second-order valence-corrected chi connectivity index (χ2v) is 3.49. The lowest BCUT2D eigenvalue weighted by atomic mass is 10.0. The summed E-state index contributed by atoms with van der Waals surface area (Å²) in [4.78, 5) is 10.5. The Hall–Kier alpha value is -0.570. The lowest BCUT2D eigenvalue weighted by Gasteiger charge is -2.14. The number of carboxylic acid groups (broad SMARTS) is 1. The maximum Gasteiger partial charge on any atom is 0.320 e. The van der Waals surface area contributed by atoms with E-state index < -0.39 is 5.97 Å². The van der Waals surface area contributed by atoms with Crippen LogP contribution in [0.1, 0.15) is 26.7 Å². The topological polar surface area (TPSA) is 49.3 Å². The van der Waals surface area contributed by atoms with Crippen LogP contribution in [0.15, 0.2) is 0 Å². The molecule has 2 atom stereocenters. The Kier molecular flexibility index (Phi) is 2.49. The first-order valence-electron chi connectivity index (χ1n) is 4.10. The van der Waals surface area contributed by atoms with Crippen molar-refractivity contribution in [3.05, 3.63) is 0 Å². The van der Waals surface area contributed by atoms with E-state index in [1.807, 2.05) is 0 Å². The first-order chi connectivity index (χ1) is 5.11. The molecule has 1 aliphatic heterocycles. The Labute approximate surface area is 66.8 Å². The molecule has 0 bridgehead atoms. The first-order valence-corrected chi connectivity index (χ1v) is 4.10. The third kappa shape index (κ3) is 1.93. The molecule has 0 aromatic carbocycles. The van der Waals surface area contributed by atoms with Gasteiger partial charge in [-0.3, -0.25) is 4.79 Å². The lowest BCUT2D eigenvalue weighted by molar-refractivity contribution is -0.139. The molecule has 0 spiro atoms. The van der Waals surface area contributed by atoms with Gasteiger partial charge in [-0.1, -0.05) is 13.8 Å². The third-order valence-electron chi connectivity index (χ3n) is 2.28. The Morgan fingerprint density at radius 3 is 2.45 bits per heavy atom. The minimum atomic E-state index is -0.715. The number of hydrogen-bond donors (Lipinski definition) is 2. The average molecular weight is 157 g/mol. The highest BCUT2D eigenvalue weighted by Gasteiger charge is 2.29. The zero-order chi connectivity index (χ0) is 8.43. The van der Waals surface area contributed by atoms with Crippen LogP contribution in [0.2, 0.25) is 0 Å². The van der Waals surface area contributed by atoms with Crippen molar-refractivity contribution >= 4 is 5.97 Å². The second-order valence-electron chi connectivity index (χ2n) is 3.49. The monoisotopic (exact) mass is 157 g/mol.